The number of hydrogen-bond acceptors (Lipinski definition) is 4. The fourth-order valence-corrected chi connectivity index (χ4v) is 2.22. The fraction of sp³-hybridized carbons (Fsp3) is 0.286. The predicted molar refractivity (Wildman–Crippen MR) is 65.7 cm³/mol. The summed E-state index contributed by atoms with van der Waals surface area (Å²) in [7, 11) is 0. The van der Waals surface area contributed by atoms with Gasteiger partial charge >= 0.3 is 0 Å². The van der Waals surface area contributed by atoms with E-state index >= 15 is 0 Å². The van der Waals surface area contributed by atoms with Gasteiger partial charge in [-0.1, -0.05) is 6.07 Å². The molecule has 4 nitrogen and oxygen atoms in total. The van der Waals surface area contributed by atoms with E-state index in [2.05, 4.69) is 4.98 Å². The third-order valence-electron chi connectivity index (χ3n) is 3.12. The van der Waals surface area contributed by atoms with E-state index in [1.807, 2.05) is 6.07 Å². The second-order valence-electron chi connectivity index (χ2n) is 4.27. The van der Waals surface area contributed by atoms with Crippen LogP contribution >= 0.6 is 0 Å². The molecule has 0 saturated heterocycles. The summed E-state index contributed by atoms with van der Waals surface area (Å²) in [4.78, 5) is 3.86. The van der Waals surface area contributed by atoms with Crippen LogP contribution in [-0.2, 0) is 0 Å². The van der Waals surface area contributed by atoms with Gasteiger partial charge in [-0.2, -0.15) is 5.26 Å². The topological polar surface area (TPSA) is 70.0 Å². The molecular formula is C14H12F2N2O2. The van der Waals surface area contributed by atoms with Crippen molar-refractivity contribution in [2.75, 3.05) is 6.61 Å². The molecule has 0 aliphatic rings. The first kappa shape index (κ1) is 14.2. The van der Waals surface area contributed by atoms with Crippen LogP contribution in [0.2, 0.25) is 0 Å². The van der Waals surface area contributed by atoms with Gasteiger partial charge in [-0.15, -0.1) is 0 Å². The molecule has 0 amide bonds. The molecule has 1 heterocycles. The van der Waals surface area contributed by atoms with E-state index in [1.165, 1.54) is 12.3 Å². The standard InChI is InChI=1S/C14H12F2N2O2/c15-11-2-1-3-12(16)14(11)9(4-5-19)10(6-17)13-7-20-8-18-13/h1-3,7-10,19H,4-5H2/t9-,10+/m0/s1. The van der Waals surface area contributed by atoms with Crippen molar-refractivity contribution in [3.63, 3.8) is 0 Å². The molecule has 1 aromatic heterocycles. The van der Waals surface area contributed by atoms with Crippen LogP contribution in [0.15, 0.2) is 35.3 Å². The lowest BCUT2D eigenvalue weighted by Gasteiger charge is -2.21. The van der Waals surface area contributed by atoms with Gasteiger partial charge in [0.05, 0.1) is 17.7 Å². The molecule has 0 radical (unpaired) electrons. The van der Waals surface area contributed by atoms with Crippen molar-refractivity contribution in [2.24, 2.45) is 0 Å². The Kier molecular flexibility index (Phi) is 4.43. The van der Waals surface area contributed by atoms with Crippen molar-refractivity contribution in [1.29, 1.82) is 5.26 Å². The first-order chi connectivity index (χ1) is 9.69. The van der Waals surface area contributed by atoms with Gasteiger partial charge in [-0.3, -0.25) is 0 Å². The van der Waals surface area contributed by atoms with Gasteiger partial charge in [-0.05, 0) is 18.6 Å². The lowest BCUT2D eigenvalue weighted by Crippen LogP contribution is -2.15. The van der Waals surface area contributed by atoms with Gasteiger partial charge in [0, 0.05) is 18.1 Å². The summed E-state index contributed by atoms with van der Waals surface area (Å²) in [5.74, 6) is -3.22. The zero-order valence-electron chi connectivity index (χ0n) is 10.5. The van der Waals surface area contributed by atoms with E-state index < -0.39 is 23.5 Å². The summed E-state index contributed by atoms with van der Waals surface area (Å²) in [5.41, 5.74) is 0.0738. The van der Waals surface area contributed by atoms with Crippen molar-refractivity contribution in [2.45, 2.75) is 18.3 Å². The quantitative estimate of drug-likeness (QED) is 0.912. The summed E-state index contributed by atoms with van der Waals surface area (Å²) >= 11 is 0. The Bertz CT molecular complexity index is 588. The molecule has 0 spiro atoms. The van der Waals surface area contributed by atoms with Crippen LogP contribution in [0.4, 0.5) is 8.78 Å². The van der Waals surface area contributed by atoms with E-state index in [0.29, 0.717) is 0 Å². The van der Waals surface area contributed by atoms with Crippen LogP contribution in [0.3, 0.4) is 0 Å². The first-order valence-corrected chi connectivity index (χ1v) is 6.01. The molecule has 6 heteroatoms. The summed E-state index contributed by atoms with van der Waals surface area (Å²) < 4.78 is 32.6. The number of nitrogens with zero attached hydrogens (tertiary/aromatic N) is 2. The highest BCUT2D eigenvalue weighted by Crippen LogP contribution is 2.37. The molecule has 104 valence electrons. The minimum Gasteiger partial charge on any atom is -0.451 e. The number of hydrogen-bond donors (Lipinski definition) is 1. The molecule has 0 aliphatic carbocycles. The van der Waals surface area contributed by atoms with Crippen molar-refractivity contribution >= 4 is 0 Å². The normalized spacial score (nSPS) is 13.7. The monoisotopic (exact) mass is 278 g/mol. The molecule has 0 saturated carbocycles. The molecule has 0 aliphatic heterocycles. The number of aliphatic hydroxyl groups is 1. The van der Waals surface area contributed by atoms with Gasteiger partial charge in [0.2, 0.25) is 0 Å². The summed E-state index contributed by atoms with van der Waals surface area (Å²) in [6.07, 6.45) is 2.45. The number of aliphatic hydroxyl groups excluding tert-OH is 1. The van der Waals surface area contributed by atoms with E-state index in [4.69, 9.17) is 9.52 Å². The zero-order valence-corrected chi connectivity index (χ0v) is 10.5. The maximum absolute atomic E-state index is 13.9. The zero-order chi connectivity index (χ0) is 14.5. The smallest absolute Gasteiger partial charge is 0.180 e. The number of nitriles is 1. The number of aromatic nitrogens is 1. The van der Waals surface area contributed by atoms with Crippen molar-refractivity contribution in [3.05, 3.63) is 53.7 Å². The van der Waals surface area contributed by atoms with E-state index in [0.717, 1.165) is 18.5 Å². The Morgan fingerprint density at radius 3 is 2.55 bits per heavy atom. The molecular weight excluding hydrogens is 266 g/mol. The second-order valence-corrected chi connectivity index (χ2v) is 4.27. The van der Waals surface area contributed by atoms with Crippen molar-refractivity contribution in [3.8, 4) is 6.07 Å². The molecule has 0 bridgehead atoms. The van der Waals surface area contributed by atoms with E-state index in [-0.39, 0.29) is 24.3 Å². The largest absolute Gasteiger partial charge is 0.451 e. The van der Waals surface area contributed by atoms with Gasteiger partial charge < -0.3 is 9.52 Å². The molecule has 1 aromatic carbocycles. The average molecular weight is 278 g/mol. The predicted octanol–water partition coefficient (Wildman–Crippen LogP) is 2.73. The second kappa shape index (κ2) is 6.26. The van der Waals surface area contributed by atoms with Gasteiger partial charge in [0.15, 0.2) is 6.39 Å². The lowest BCUT2D eigenvalue weighted by atomic mass is 9.82. The van der Waals surface area contributed by atoms with Crippen molar-refractivity contribution in [1.82, 2.24) is 4.98 Å². The maximum atomic E-state index is 13.9. The fourth-order valence-electron chi connectivity index (χ4n) is 2.22. The Morgan fingerprint density at radius 1 is 1.35 bits per heavy atom. The number of halogens is 2. The van der Waals surface area contributed by atoms with Crippen LogP contribution in [0, 0.1) is 23.0 Å². The molecule has 2 aromatic rings. The van der Waals surface area contributed by atoms with Crippen LogP contribution in [0.1, 0.15) is 29.5 Å². The summed E-state index contributed by atoms with van der Waals surface area (Å²) in [6.45, 7) is -0.297. The third-order valence-corrected chi connectivity index (χ3v) is 3.12. The van der Waals surface area contributed by atoms with Crippen LogP contribution in [0.5, 0.6) is 0 Å². The van der Waals surface area contributed by atoms with Crippen molar-refractivity contribution < 1.29 is 18.3 Å². The highest BCUT2D eigenvalue weighted by molar-refractivity contribution is 5.30. The summed E-state index contributed by atoms with van der Waals surface area (Å²) in [5, 5.41) is 18.4. The third kappa shape index (κ3) is 2.68. The Labute approximate surface area is 114 Å². The minimum atomic E-state index is -0.896. The van der Waals surface area contributed by atoms with Gasteiger partial charge in [-0.25, -0.2) is 13.8 Å². The molecule has 1 N–H and O–H groups in total. The summed E-state index contributed by atoms with van der Waals surface area (Å²) in [6, 6.07) is 5.48. The molecule has 0 fully saturated rings. The molecule has 20 heavy (non-hydrogen) atoms. The van der Waals surface area contributed by atoms with Crippen LogP contribution in [0.25, 0.3) is 0 Å². The SMILES string of the molecule is N#C[C@@H](c1cocn1)[C@H](CCO)c1c(F)cccc1F. The first-order valence-electron chi connectivity index (χ1n) is 6.01. The lowest BCUT2D eigenvalue weighted by molar-refractivity contribution is 0.268. The van der Waals surface area contributed by atoms with E-state index in [9.17, 15) is 14.0 Å². The molecule has 2 atom stereocenters. The Balaban J connectivity index is 2.48. The van der Waals surface area contributed by atoms with Crippen LogP contribution < -0.4 is 0 Å². The molecule has 2 rings (SSSR count). The molecule has 0 unspecified atom stereocenters. The Morgan fingerprint density at radius 2 is 2.05 bits per heavy atom. The van der Waals surface area contributed by atoms with Crippen LogP contribution in [-0.4, -0.2) is 16.7 Å². The number of rotatable bonds is 5. The average Bonchev–Trinajstić information content (AvgIpc) is 2.93. The van der Waals surface area contributed by atoms with Gasteiger partial charge in [0.25, 0.3) is 0 Å². The maximum Gasteiger partial charge on any atom is 0.180 e. The van der Waals surface area contributed by atoms with E-state index in [1.54, 1.807) is 0 Å². The highest BCUT2D eigenvalue weighted by Gasteiger charge is 2.30. The minimum absolute atomic E-state index is 0.0446. The highest BCUT2D eigenvalue weighted by atomic mass is 19.1. The number of oxazole rings is 1. The van der Waals surface area contributed by atoms with Gasteiger partial charge in [0.1, 0.15) is 17.9 Å². The Hall–Kier alpha value is -2.26. The number of benzene rings is 1.